The van der Waals surface area contributed by atoms with Crippen LogP contribution < -0.4 is 0 Å². The van der Waals surface area contributed by atoms with E-state index >= 15 is 0 Å². The molecule has 0 radical (unpaired) electrons. The molecule has 1 heterocycles. The van der Waals surface area contributed by atoms with Crippen molar-refractivity contribution < 1.29 is 9.21 Å². The number of benzene rings is 2. The molecule has 2 aromatic carbocycles. The lowest BCUT2D eigenvalue weighted by molar-refractivity contribution is -0.129. The van der Waals surface area contributed by atoms with Gasteiger partial charge in [0.1, 0.15) is 5.52 Å². The van der Waals surface area contributed by atoms with E-state index in [0.29, 0.717) is 18.9 Å². The standard InChI is InChI=1S/C18H18N2O2/c1-13-19-16-9-8-15(10-17(16)22-13)11-18(21)20(2)12-14-6-4-3-5-7-14/h3-10H,11-12H2,1-2H3. The van der Waals surface area contributed by atoms with Crippen molar-refractivity contribution in [3.63, 3.8) is 0 Å². The van der Waals surface area contributed by atoms with E-state index in [0.717, 1.165) is 22.2 Å². The number of oxazole rings is 1. The number of hydrogen-bond acceptors (Lipinski definition) is 3. The number of rotatable bonds is 4. The predicted molar refractivity (Wildman–Crippen MR) is 85.4 cm³/mol. The first kappa shape index (κ1) is 14.3. The Hall–Kier alpha value is -2.62. The molecular weight excluding hydrogens is 276 g/mol. The van der Waals surface area contributed by atoms with Crippen LogP contribution in [0.3, 0.4) is 0 Å². The van der Waals surface area contributed by atoms with Gasteiger partial charge in [-0.15, -0.1) is 0 Å². The Bertz CT molecular complexity index is 793. The Morgan fingerprint density at radius 2 is 1.91 bits per heavy atom. The van der Waals surface area contributed by atoms with E-state index in [1.54, 1.807) is 4.90 Å². The quantitative estimate of drug-likeness (QED) is 0.741. The van der Waals surface area contributed by atoms with Crippen LogP contribution in [-0.4, -0.2) is 22.8 Å². The lowest BCUT2D eigenvalue weighted by atomic mass is 10.1. The molecule has 0 aliphatic carbocycles. The summed E-state index contributed by atoms with van der Waals surface area (Å²) in [4.78, 5) is 18.3. The van der Waals surface area contributed by atoms with Gasteiger partial charge in [0, 0.05) is 20.5 Å². The van der Waals surface area contributed by atoms with Crippen molar-refractivity contribution in [2.45, 2.75) is 19.9 Å². The van der Waals surface area contributed by atoms with Gasteiger partial charge in [0.05, 0.1) is 6.42 Å². The number of aromatic nitrogens is 1. The second kappa shape index (κ2) is 6.02. The smallest absolute Gasteiger partial charge is 0.227 e. The van der Waals surface area contributed by atoms with Gasteiger partial charge in [-0.3, -0.25) is 4.79 Å². The molecule has 1 aromatic heterocycles. The third kappa shape index (κ3) is 3.17. The molecule has 1 amide bonds. The number of hydrogen-bond donors (Lipinski definition) is 0. The highest BCUT2D eigenvalue weighted by atomic mass is 16.3. The minimum absolute atomic E-state index is 0.0828. The van der Waals surface area contributed by atoms with Crippen molar-refractivity contribution in [1.82, 2.24) is 9.88 Å². The summed E-state index contributed by atoms with van der Waals surface area (Å²) in [6.45, 7) is 2.43. The van der Waals surface area contributed by atoms with Crippen LogP contribution >= 0.6 is 0 Å². The molecule has 0 N–H and O–H groups in total. The maximum absolute atomic E-state index is 12.3. The first-order valence-corrected chi connectivity index (χ1v) is 7.26. The van der Waals surface area contributed by atoms with E-state index in [1.807, 2.05) is 62.5 Å². The van der Waals surface area contributed by atoms with Crippen LogP contribution in [0.5, 0.6) is 0 Å². The minimum Gasteiger partial charge on any atom is -0.441 e. The highest BCUT2D eigenvalue weighted by molar-refractivity contribution is 5.81. The highest BCUT2D eigenvalue weighted by Gasteiger charge is 2.11. The number of aryl methyl sites for hydroxylation is 1. The van der Waals surface area contributed by atoms with Crippen molar-refractivity contribution in [2.24, 2.45) is 0 Å². The molecular formula is C18H18N2O2. The zero-order valence-electron chi connectivity index (χ0n) is 12.7. The van der Waals surface area contributed by atoms with Crippen LogP contribution in [-0.2, 0) is 17.8 Å². The Balaban J connectivity index is 1.69. The van der Waals surface area contributed by atoms with Crippen molar-refractivity contribution in [3.05, 3.63) is 65.5 Å². The average Bonchev–Trinajstić information content (AvgIpc) is 2.87. The maximum atomic E-state index is 12.3. The first-order chi connectivity index (χ1) is 10.6. The summed E-state index contributed by atoms with van der Waals surface area (Å²) in [6.07, 6.45) is 0.360. The van der Waals surface area contributed by atoms with Gasteiger partial charge < -0.3 is 9.32 Å². The number of nitrogens with zero attached hydrogens (tertiary/aromatic N) is 2. The number of amides is 1. The Morgan fingerprint density at radius 1 is 1.14 bits per heavy atom. The maximum Gasteiger partial charge on any atom is 0.227 e. The summed E-state index contributed by atoms with van der Waals surface area (Å²) in [6, 6.07) is 15.7. The fourth-order valence-corrected chi connectivity index (χ4v) is 2.45. The van der Waals surface area contributed by atoms with Crippen molar-refractivity contribution in [3.8, 4) is 0 Å². The average molecular weight is 294 g/mol. The molecule has 0 bridgehead atoms. The Kier molecular flexibility index (Phi) is 3.92. The van der Waals surface area contributed by atoms with Gasteiger partial charge in [0.25, 0.3) is 0 Å². The highest BCUT2D eigenvalue weighted by Crippen LogP contribution is 2.17. The predicted octanol–water partition coefficient (Wildman–Crippen LogP) is 3.34. The van der Waals surface area contributed by atoms with Crippen LogP contribution in [0.2, 0.25) is 0 Å². The van der Waals surface area contributed by atoms with Gasteiger partial charge in [0.15, 0.2) is 11.5 Å². The van der Waals surface area contributed by atoms with Crippen LogP contribution in [0, 0.1) is 6.92 Å². The summed E-state index contributed by atoms with van der Waals surface area (Å²) >= 11 is 0. The summed E-state index contributed by atoms with van der Waals surface area (Å²) in [7, 11) is 1.83. The van der Waals surface area contributed by atoms with Gasteiger partial charge in [-0.05, 0) is 23.3 Å². The van der Waals surface area contributed by atoms with Crippen LogP contribution in [0.4, 0.5) is 0 Å². The number of fused-ring (bicyclic) bond motifs is 1. The van der Waals surface area contributed by atoms with Crippen LogP contribution in [0.15, 0.2) is 52.9 Å². The molecule has 0 saturated heterocycles. The van der Waals surface area contributed by atoms with Crippen molar-refractivity contribution in [2.75, 3.05) is 7.05 Å². The molecule has 0 saturated carbocycles. The van der Waals surface area contributed by atoms with Gasteiger partial charge >= 0.3 is 0 Å². The fraction of sp³-hybridized carbons (Fsp3) is 0.222. The SMILES string of the molecule is Cc1nc2ccc(CC(=O)N(C)Cc3ccccc3)cc2o1. The summed E-state index contributed by atoms with van der Waals surface area (Å²) in [5.41, 5.74) is 3.62. The second-order valence-corrected chi connectivity index (χ2v) is 5.45. The van der Waals surface area contributed by atoms with E-state index in [2.05, 4.69) is 4.98 Å². The Labute approximate surface area is 129 Å². The molecule has 3 aromatic rings. The van der Waals surface area contributed by atoms with Gasteiger partial charge in [-0.25, -0.2) is 4.98 Å². The fourth-order valence-electron chi connectivity index (χ4n) is 2.45. The lowest BCUT2D eigenvalue weighted by Gasteiger charge is -2.17. The molecule has 0 aliphatic rings. The molecule has 3 rings (SSSR count). The Morgan fingerprint density at radius 3 is 2.68 bits per heavy atom. The van der Waals surface area contributed by atoms with Gasteiger partial charge in [0.2, 0.25) is 5.91 Å². The van der Waals surface area contributed by atoms with Crippen LogP contribution in [0.25, 0.3) is 11.1 Å². The van der Waals surface area contributed by atoms with E-state index < -0.39 is 0 Å². The van der Waals surface area contributed by atoms with Crippen molar-refractivity contribution >= 4 is 17.0 Å². The lowest BCUT2D eigenvalue weighted by Crippen LogP contribution is -2.27. The molecule has 0 spiro atoms. The molecule has 22 heavy (non-hydrogen) atoms. The number of carbonyl (C=O) groups is 1. The van der Waals surface area contributed by atoms with E-state index in [-0.39, 0.29) is 5.91 Å². The molecule has 4 heteroatoms. The molecule has 0 unspecified atom stereocenters. The number of likely N-dealkylation sites (N-methyl/N-ethyl adjacent to an activating group) is 1. The molecule has 112 valence electrons. The minimum atomic E-state index is 0.0828. The zero-order chi connectivity index (χ0) is 15.5. The van der Waals surface area contributed by atoms with E-state index in [1.165, 1.54) is 0 Å². The first-order valence-electron chi connectivity index (χ1n) is 7.26. The van der Waals surface area contributed by atoms with E-state index in [9.17, 15) is 4.79 Å². The van der Waals surface area contributed by atoms with E-state index in [4.69, 9.17) is 4.42 Å². The second-order valence-electron chi connectivity index (χ2n) is 5.45. The van der Waals surface area contributed by atoms with Gasteiger partial charge in [-0.1, -0.05) is 36.4 Å². The third-order valence-electron chi connectivity index (χ3n) is 3.60. The normalized spacial score (nSPS) is 10.8. The molecule has 0 fully saturated rings. The molecule has 0 atom stereocenters. The molecule has 4 nitrogen and oxygen atoms in total. The third-order valence-corrected chi connectivity index (χ3v) is 3.60. The summed E-state index contributed by atoms with van der Waals surface area (Å²) in [5, 5.41) is 0. The summed E-state index contributed by atoms with van der Waals surface area (Å²) in [5.74, 6) is 0.721. The van der Waals surface area contributed by atoms with Gasteiger partial charge in [-0.2, -0.15) is 0 Å². The molecule has 0 aliphatic heterocycles. The topological polar surface area (TPSA) is 46.3 Å². The monoisotopic (exact) mass is 294 g/mol. The van der Waals surface area contributed by atoms with Crippen molar-refractivity contribution in [1.29, 1.82) is 0 Å². The number of carbonyl (C=O) groups excluding carboxylic acids is 1. The van der Waals surface area contributed by atoms with Crippen LogP contribution in [0.1, 0.15) is 17.0 Å². The largest absolute Gasteiger partial charge is 0.441 e. The zero-order valence-corrected chi connectivity index (χ0v) is 12.7. The summed E-state index contributed by atoms with van der Waals surface area (Å²) < 4.78 is 5.51.